The van der Waals surface area contributed by atoms with Gasteiger partial charge in [-0.3, -0.25) is 4.90 Å². The first kappa shape index (κ1) is 20.1. The molecule has 1 aliphatic rings. The zero-order chi connectivity index (χ0) is 19.7. The smallest absolute Gasteiger partial charge is 0.247 e. The molecule has 1 aromatic carbocycles. The third-order valence-electron chi connectivity index (χ3n) is 5.44. The monoisotopic (exact) mass is 369 g/mol. The zero-order valence-electron chi connectivity index (χ0n) is 17.9. The van der Waals surface area contributed by atoms with E-state index in [9.17, 15) is 0 Å². The van der Waals surface area contributed by atoms with Gasteiger partial charge in [-0.15, -0.1) is 10.2 Å². The number of likely N-dealkylation sites (tertiary alicyclic amines) is 1. The summed E-state index contributed by atoms with van der Waals surface area (Å²) in [5.41, 5.74) is 3.78. The van der Waals surface area contributed by atoms with Crippen molar-refractivity contribution in [2.75, 3.05) is 13.1 Å². The highest BCUT2D eigenvalue weighted by molar-refractivity contribution is 5.57. The predicted octanol–water partition coefficient (Wildman–Crippen LogP) is 5.71. The second-order valence-corrected chi connectivity index (χ2v) is 9.99. The van der Waals surface area contributed by atoms with Crippen LogP contribution in [0.5, 0.6) is 0 Å². The second kappa shape index (κ2) is 7.75. The van der Waals surface area contributed by atoms with Crippen molar-refractivity contribution in [2.45, 2.75) is 84.6 Å². The molecule has 0 spiro atoms. The van der Waals surface area contributed by atoms with Gasteiger partial charge in [0.2, 0.25) is 11.8 Å². The van der Waals surface area contributed by atoms with E-state index >= 15 is 0 Å². The number of aromatic nitrogens is 2. The molecule has 1 aromatic heterocycles. The van der Waals surface area contributed by atoms with Crippen LogP contribution < -0.4 is 0 Å². The molecule has 0 amide bonds. The van der Waals surface area contributed by atoms with Crippen LogP contribution in [0.4, 0.5) is 0 Å². The van der Waals surface area contributed by atoms with Crippen molar-refractivity contribution in [2.24, 2.45) is 0 Å². The summed E-state index contributed by atoms with van der Waals surface area (Å²) in [5.74, 6) is 1.36. The topological polar surface area (TPSA) is 42.2 Å². The van der Waals surface area contributed by atoms with Gasteiger partial charge in [-0.2, -0.15) is 0 Å². The average Bonchev–Trinajstić information content (AvgIpc) is 2.89. The molecule has 1 aliphatic heterocycles. The van der Waals surface area contributed by atoms with Crippen molar-refractivity contribution < 1.29 is 4.42 Å². The Morgan fingerprint density at radius 2 is 1.37 bits per heavy atom. The standard InChI is InChI=1S/C23H35N3O/c1-22(2,3)18-13-17(14-19(15-18)23(4,5)6)21-25-24-20(27-21)16-26-11-9-7-8-10-12-26/h13-15H,7-12,16H2,1-6H3. The Labute approximate surface area is 164 Å². The summed E-state index contributed by atoms with van der Waals surface area (Å²) in [7, 11) is 0. The normalized spacial score (nSPS) is 17.1. The van der Waals surface area contributed by atoms with Crippen LogP contribution in [-0.4, -0.2) is 28.2 Å². The van der Waals surface area contributed by atoms with E-state index in [1.165, 1.54) is 36.8 Å². The molecule has 1 fully saturated rings. The lowest BCUT2D eigenvalue weighted by molar-refractivity contribution is 0.249. The lowest BCUT2D eigenvalue weighted by Crippen LogP contribution is -2.24. The molecule has 0 atom stereocenters. The molecule has 0 N–H and O–H groups in total. The maximum Gasteiger partial charge on any atom is 0.247 e. The first-order valence-electron chi connectivity index (χ1n) is 10.3. The molecule has 4 nitrogen and oxygen atoms in total. The van der Waals surface area contributed by atoms with Crippen molar-refractivity contribution in [3.05, 3.63) is 35.2 Å². The fraction of sp³-hybridized carbons (Fsp3) is 0.652. The lowest BCUT2D eigenvalue weighted by atomic mass is 9.79. The van der Waals surface area contributed by atoms with Gasteiger partial charge in [0, 0.05) is 5.56 Å². The van der Waals surface area contributed by atoms with Gasteiger partial charge in [0.1, 0.15) is 0 Å². The minimum Gasteiger partial charge on any atom is -0.419 e. The Balaban J connectivity index is 1.88. The van der Waals surface area contributed by atoms with Crippen LogP contribution in [0.2, 0.25) is 0 Å². The minimum atomic E-state index is 0.0743. The van der Waals surface area contributed by atoms with Crippen LogP contribution in [0.3, 0.4) is 0 Å². The summed E-state index contributed by atoms with van der Waals surface area (Å²) in [6.07, 6.45) is 5.20. The van der Waals surface area contributed by atoms with E-state index in [0.717, 1.165) is 31.1 Å². The third kappa shape index (κ3) is 5.19. The number of benzene rings is 1. The van der Waals surface area contributed by atoms with Crippen LogP contribution in [0.25, 0.3) is 11.5 Å². The second-order valence-electron chi connectivity index (χ2n) is 9.99. The summed E-state index contributed by atoms with van der Waals surface area (Å²) in [6, 6.07) is 6.73. The summed E-state index contributed by atoms with van der Waals surface area (Å²) in [5, 5.41) is 8.72. The molecule has 0 radical (unpaired) electrons. The van der Waals surface area contributed by atoms with Crippen molar-refractivity contribution >= 4 is 0 Å². The van der Waals surface area contributed by atoms with E-state index in [1.807, 2.05) is 0 Å². The molecule has 3 rings (SSSR count). The fourth-order valence-electron chi connectivity index (χ4n) is 3.54. The van der Waals surface area contributed by atoms with Gasteiger partial charge in [-0.05, 0) is 60.0 Å². The first-order chi connectivity index (χ1) is 12.6. The van der Waals surface area contributed by atoms with Gasteiger partial charge in [0.05, 0.1) is 6.54 Å². The van der Waals surface area contributed by atoms with Crippen LogP contribution in [-0.2, 0) is 17.4 Å². The van der Waals surface area contributed by atoms with Crippen LogP contribution in [0.1, 0.15) is 84.2 Å². The highest BCUT2D eigenvalue weighted by atomic mass is 16.4. The van der Waals surface area contributed by atoms with E-state index in [4.69, 9.17) is 4.42 Å². The first-order valence-corrected chi connectivity index (χ1v) is 10.3. The van der Waals surface area contributed by atoms with Gasteiger partial charge in [-0.1, -0.05) is 60.5 Å². The van der Waals surface area contributed by atoms with Crippen molar-refractivity contribution in [1.29, 1.82) is 0 Å². The Morgan fingerprint density at radius 1 is 0.815 bits per heavy atom. The SMILES string of the molecule is CC(C)(C)c1cc(-c2nnc(CN3CCCCCC3)o2)cc(C(C)(C)C)c1. The molecule has 0 saturated carbocycles. The number of rotatable bonds is 3. The van der Waals surface area contributed by atoms with E-state index < -0.39 is 0 Å². The molecular weight excluding hydrogens is 334 g/mol. The van der Waals surface area contributed by atoms with Crippen molar-refractivity contribution in [3.8, 4) is 11.5 Å². The number of nitrogens with zero attached hydrogens (tertiary/aromatic N) is 3. The molecule has 4 heteroatoms. The van der Waals surface area contributed by atoms with Crippen LogP contribution >= 0.6 is 0 Å². The molecule has 2 heterocycles. The maximum absolute atomic E-state index is 6.08. The fourth-order valence-corrected chi connectivity index (χ4v) is 3.54. The van der Waals surface area contributed by atoms with E-state index in [1.54, 1.807) is 0 Å². The third-order valence-corrected chi connectivity index (χ3v) is 5.44. The zero-order valence-corrected chi connectivity index (χ0v) is 17.9. The summed E-state index contributed by atoms with van der Waals surface area (Å²) in [4.78, 5) is 2.44. The summed E-state index contributed by atoms with van der Waals surface area (Å²) < 4.78 is 6.08. The molecule has 0 unspecified atom stereocenters. The van der Waals surface area contributed by atoms with Crippen LogP contribution in [0.15, 0.2) is 22.6 Å². The Hall–Kier alpha value is -1.68. The predicted molar refractivity (Wildman–Crippen MR) is 111 cm³/mol. The Morgan fingerprint density at radius 3 is 1.89 bits per heavy atom. The highest BCUT2D eigenvalue weighted by Gasteiger charge is 2.22. The number of hydrogen-bond donors (Lipinski definition) is 0. The molecule has 0 bridgehead atoms. The van der Waals surface area contributed by atoms with Gasteiger partial charge in [0.25, 0.3) is 0 Å². The highest BCUT2D eigenvalue weighted by Crippen LogP contribution is 2.33. The number of hydrogen-bond acceptors (Lipinski definition) is 4. The van der Waals surface area contributed by atoms with Crippen LogP contribution in [0, 0.1) is 0 Å². The Bertz CT molecular complexity index is 724. The summed E-state index contributed by atoms with van der Waals surface area (Å²) >= 11 is 0. The Kier molecular flexibility index (Phi) is 5.76. The van der Waals surface area contributed by atoms with Crippen molar-refractivity contribution in [3.63, 3.8) is 0 Å². The lowest BCUT2D eigenvalue weighted by Gasteiger charge is -2.25. The van der Waals surface area contributed by atoms with Gasteiger partial charge in [-0.25, -0.2) is 0 Å². The molecular formula is C23H35N3O. The molecule has 148 valence electrons. The molecule has 2 aromatic rings. The van der Waals surface area contributed by atoms with E-state index in [-0.39, 0.29) is 10.8 Å². The minimum absolute atomic E-state index is 0.0743. The van der Waals surface area contributed by atoms with Gasteiger partial charge >= 0.3 is 0 Å². The van der Waals surface area contributed by atoms with Crippen molar-refractivity contribution in [1.82, 2.24) is 15.1 Å². The average molecular weight is 370 g/mol. The molecule has 0 aliphatic carbocycles. The van der Waals surface area contributed by atoms with E-state index in [2.05, 4.69) is 74.8 Å². The van der Waals surface area contributed by atoms with E-state index in [0.29, 0.717) is 5.89 Å². The summed E-state index contributed by atoms with van der Waals surface area (Å²) in [6.45, 7) is 16.5. The van der Waals surface area contributed by atoms with Gasteiger partial charge in [0.15, 0.2) is 0 Å². The maximum atomic E-state index is 6.08. The largest absolute Gasteiger partial charge is 0.419 e. The van der Waals surface area contributed by atoms with Gasteiger partial charge < -0.3 is 4.42 Å². The molecule has 1 saturated heterocycles. The molecule has 27 heavy (non-hydrogen) atoms. The quantitative estimate of drug-likeness (QED) is 0.695.